The van der Waals surface area contributed by atoms with E-state index >= 15 is 0 Å². The summed E-state index contributed by atoms with van der Waals surface area (Å²) in [6.07, 6.45) is 0. The molecule has 0 aliphatic carbocycles. The number of rotatable bonds is 6. The Hall–Kier alpha value is -3.76. The van der Waals surface area contributed by atoms with E-state index in [2.05, 4.69) is 30.6 Å². The van der Waals surface area contributed by atoms with Crippen molar-refractivity contribution in [2.45, 2.75) is 6.92 Å². The van der Waals surface area contributed by atoms with Gasteiger partial charge < -0.3 is 20.3 Å². The average molecular weight is 476 g/mol. The minimum absolute atomic E-state index is 0.208. The zero-order chi connectivity index (χ0) is 23.5. The molecule has 1 fully saturated rings. The molecule has 0 atom stereocenters. The Labute approximate surface area is 201 Å². The molecule has 2 N–H and O–H groups in total. The van der Waals surface area contributed by atoms with Crippen molar-refractivity contribution in [2.24, 2.45) is 7.05 Å². The third-order valence-electron chi connectivity index (χ3n) is 5.46. The van der Waals surface area contributed by atoms with E-state index in [4.69, 9.17) is 4.74 Å². The second-order valence-corrected chi connectivity index (χ2v) is 8.88. The number of hydrogen-bond acceptors (Lipinski definition) is 8. The molecule has 1 aliphatic rings. The SMILES string of the molecule is Cc1nc(Nc2ccc(NC(=O)c3cc(-c4cccs4)nn3C)cc2)cc(N2CCOCC2)n1. The van der Waals surface area contributed by atoms with Gasteiger partial charge in [0.25, 0.3) is 5.91 Å². The van der Waals surface area contributed by atoms with Crippen LogP contribution in [0.15, 0.2) is 53.9 Å². The maximum absolute atomic E-state index is 12.8. The number of morpholine rings is 1. The van der Waals surface area contributed by atoms with Crippen LogP contribution in [-0.4, -0.2) is 52.0 Å². The topological polar surface area (TPSA) is 97.2 Å². The Morgan fingerprint density at radius 1 is 1.06 bits per heavy atom. The normalized spacial score (nSPS) is 13.6. The van der Waals surface area contributed by atoms with Gasteiger partial charge in [-0.15, -0.1) is 11.3 Å². The van der Waals surface area contributed by atoms with Crippen LogP contribution in [0.1, 0.15) is 16.3 Å². The molecule has 1 amide bonds. The molecule has 1 aromatic carbocycles. The van der Waals surface area contributed by atoms with Crippen molar-refractivity contribution in [1.82, 2.24) is 19.7 Å². The monoisotopic (exact) mass is 475 g/mol. The lowest BCUT2D eigenvalue weighted by Gasteiger charge is -2.28. The fraction of sp³-hybridized carbons (Fsp3) is 0.250. The Kier molecular flexibility index (Phi) is 6.24. The average Bonchev–Trinajstić information content (AvgIpc) is 3.50. The number of benzene rings is 1. The molecule has 9 nitrogen and oxygen atoms in total. The summed E-state index contributed by atoms with van der Waals surface area (Å²) in [4.78, 5) is 25.1. The van der Waals surface area contributed by atoms with Gasteiger partial charge in [-0.3, -0.25) is 9.48 Å². The first-order valence-corrected chi connectivity index (χ1v) is 11.9. The lowest BCUT2D eigenvalue weighted by atomic mass is 10.2. The number of anilines is 4. The molecule has 34 heavy (non-hydrogen) atoms. The third-order valence-corrected chi connectivity index (χ3v) is 6.35. The van der Waals surface area contributed by atoms with Crippen molar-refractivity contribution in [3.63, 3.8) is 0 Å². The van der Waals surface area contributed by atoms with Crippen LogP contribution in [0.25, 0.3) is 10.6 Å². The van der Waals surface area contributed by atoms with Crippen LogP contribution in [0.3, 0.4) is 0 Å². The minimum Gasteiger partial charge on any atom is -0.378 e. The van der Waals surface area contributed by atoms with Gasteiger partial charge in [-0.25, -0.2) is 9.97 Å². The minimum atomic E-state index is -0.208. The molecule has 0 bridgehead atoms. The molecule has 10 heteroatoms. The van der Waals surface area contributed by atoms with Gasteiger partial charge in [-0.05, 0) is 48.7 Å². The first kappa shape index (κ1) is 22.1. The van der Waals surface area contributed by atoms with Gasteiger partial charge >= 0.3 is 0 Å². The number of nitrogens with zero attached hydrogens (tertiary/aromatic N) is 5. The highest BCUT2D eigenvalue weighted by molar-refractivity contribution is 7.13. The molecule has 0 radical (unpaired) electrons. The molecule has 1 saturated heterocycles. The summed E-state index contributed by atoms with van der Waals surface area (Å²) in [7, 11) is 1.77. The van der Waals surface area contributed by atoms with Gasteiger partial charge in [0.1, 0.15) is 28.8 Å². The lowest BCUT2D eigenvalue weighted by molar-refractivity contribution is 0.101. The fourth-order valence-corrected chi connectivity index (χ4v) is 4.46. The van der Waals surface area contributed by atoms with Gasteiger partial charge in [0, 0.05) is 37.6 Å². The maximum atomic E-state index is 12.8. The van der Waals surface area contributed by atoms with Crippen molar-refractivity contribution in [3.8, 4) is 10.6 Å². The van der Waals surface area contributed by atoms with Gasteiger partial charge in [0.15, 0.2) is 0 Å². The van der Waals surface area contributed by atoms with Crippen LogP contribution >= 0.6 is 11.3 Å². The van der Waals surface area contributed by atoms with Crippen molar-refractivity contribution in [1.29, 1.82) is 0 Å². The molecule has 0 unspecified atom stereocenters. The number of aromatic nitrogens is 4. The van der Waals surface area contributed by atoms with Gasteiger partial charge in [0.05, 0.1) is 18.1 Å². The summed E-state index contributed by atoms with van der Waals surface area (Å²) in [5.41, 5.74) is 2.85. The van der Waals surface area contributed by atoms with E-state index in [1.54, 1.807) is 29.1 Å². The zero-order valence-electron chi connectivity index (χ0n) is 19.0. The molecule has 3 aromatic heterocycles. The van der Waals surface area contributed by atoms with Crippen molar-refractivity contribution < 1.29 is 9.53 Å². The van der Waals surface area contributed by atoms with Crippen molar-refractivity contribution in [2.75, 3.05) is 41.8 Å². The zero-order valence-corrected chi connectivity index (χ0v) is 19.8. The maximum Gasteiger partial charge on any atom is 0.273 e. The number of ether oxygens (including phenoxy) is 1. The second kappa shape index (κ2) is 9.62. The van der Waals surface area contributed by atoms with E-state index < -0.39 is 0 Å². The lowest BCUT2D eigenvalue weighted by Crippen LogP contribution is -2.36. The first-order valence-electron chi connectivity index (χ1n) is 11.0. The van der Waals surface area contributed by atoms with E-state index in [9.17, 15) is 4.79 Å². The summed E-state index contributed by atoms with van der Waals surface area (Å²) in [5.74, 6) is 2.11. The number of carbonyl (C=O) groups is 1. The number of carbonyl (C=O) groups excluding carboxylic acids is 1. The molecule has 1 aliphatic heterocycles. The molecule has 5 rings (SSSR count). The predicted molar refractivity (Wildman–Crippen MR) is 134 cm³/mol. The van der Waals surface area contributed by atoms with Crippen molar-refractivity contribution in [3.05, 3.63) is 65.4 Å². The Morgan fingerprint density at radius 3 is 2.56 bits per heavy atom. The van der Waals surface area contributed by atoms with Crippen LogP contribution < -0.4 is 15.5 Å². The van der Waals surface area contributed by atoms with E-state index in [1.165, 1.54) is 0 Å². The van der Waals surface area contributed by atoms with Crippen molar-refractivity contribution >= 4 is 40.3 Å². The smallest absolute Gasteiger partial charge is 0.273 e. The van der Waals surface area contributed by atoms with Gasteiger partial charge in [-0.2, -0.15) is 5.10 Å². The van der Waals surface area contributed by atoms with Crippen LogP contribution in [0.2, 0.25) is 0 Å². The Morgan fingerprint density at radius 2 is 1.82 bits per heavy atom. The molecule has 0 saturated carbocycles. The molecule has 174 valence electrons. The number of nitrogens with one attached hydrogen (secondary N) is 2. The quantitative estimate of drug-likeness (QED) is 0.434. The number of aryl methyl sites for hydroxylation is 2. The van der Waals surface area contributed by atoms with Crippen LogP contribution in [0, 0.1) is 6.92 Å². The van der Waals surface area contributed by atoms with Gasteiger partial charge in [0.2, 0.25) is 0 Å². The highest BCUT2D eigenvalue weighted by Crippen LogP contribution is 2.25. The predicted octanol–water partition coefficient (Wildman–Crippen LogP) is 4.08. The molecule has 0 spiro atoms. The summed E-state index contributed by atoms with van der Waals surface area (Å²) in [5, 5.41) is 12.7. The van der Waals surface area contributed by atoms with E-state index in [1.807, 2.05) is 54.8 Å². The summed E-state index contributed by atoms with van der Waals surface area (Å²) < 4.78 is 7.03. The largest absolute Gasteiger partial charge is 0.378 e. The number of amides is 1. The van der Waals surface area contributed by atoms with E-state index in [0.29, 0.717) is 30.4 Å². The second-order valence-electron chi connectivity index (χ2n) is 7.93. The fourth-order valence-electron chi connectivity index (χ4n) is 3.77. The van der Waals surface area contributed by atoms with Crippen LogP contribution in [0.4, 0.5) is 23.0 Å². The third kappa shape index (κ3) is 4.92. The Bertz CT molecular complexity index is 1280. The van der Waals surface area contributed by atoms with Gasteiger partial charge in [-0.1, -0.05) is 6.07 Å². The molecule has 4 heterocycles. The van der Waals surface area contributed by atoms with E-state index in [0.717, 1.165) is 41.0 Å². The summed E-state index contributed by atoms with van der Waals surface area (Å²) in [6, 6.07) is 15.2. The van der Waals surface area contributed by atoms with E-state index in [-0.39, 0.29) is 5.91 Å². The Balaban J connectivity index is 1.26. The van der Waals surface area contributed by atoms with Crippen LogP contribution in [0.5, 0.6) is 0 Å². The van der Waals surface area contributed by atoms with Crippen LogP contribution in [-0.2, 0) is 11.8 Å². The highest BCUT2D eigenvalue weighted by Gasteiger charge is 2.16. The standard InChI is InChI=1S/C24H25N7O2S/c1-16-25-22(15-23(26-16)31-9-11-33-12-10-31)27-17-5-7-18(8-6-17)28-24(32)20-14-19(29-30(20)2)21-4-3-13-34-21/h3-8,13-15H,9-12H2,1-2H3,(H,28,32)(H,25,26,27). The molecular weight excluding hydrogens is 450 g/mol. The summed E-state index contributed by atoms with van der Waals surface area (Å²) >= 11 is 1.59. The summed E-state index contributed by atoms with van der Waals surface area (Å²) in [6.45, 7) is 4.92. The number of thiophene rings is 1. The highest BCUT2D eigenvalue weighted by atomic mass is 32.1. The first-order chi connectivity index (χ1) is 16.5. The number of hydrogen-bond donors (Lipinski definition) is 2. The molecule has 4 aromatic rings. The molecular formula is C24H25N7O2S.